The lowest BCUT2D eigenvalue weighted by atomic mass is 10.0. The molecular weight excluding hydrogens is 259 g/mol. The highest BCUT2D eigenvalue weighted by atomic mass is 35.5. The summed E-state index contributed by atoms with van der Waals surface area (Å²) in [5.41, 5.74) is -0.0490. The van der Waals surface area contributed by atoms with Crippen molar-refractivity contribution in [3.05, 3.63) is 33.1 Å². The molecule has 1 atom stereocenters. The van der Waals surface area contributed by atoms with Crippen LogP contribution in [-0.2, 0) is 0 Å². The van der Waals surface area contributed by atoms with Gasteiger partial charge >= 0.3 is 0 Å². The average molecular weight is 275 g/mol. The zero-order chi connectivity index (χ0) is 13.9. The number of halogens is 2. The minimum Gasteiger partial charge on any atom is -0.377 e. The fourth-order valence-corrected chi connectivity index (χ4v) is 2.00. The Kier molecular flexibility index (Phi) is 4.90. The molecule has 0 heterocycles. The van der Waals surface area contributed by atoms with E-state index in [2.05, 4.69) is 19.2 Å². The van der Waals surface area contributed by atoms with Gasteiger partial charge in [0.05, 0.1) is 16.0 Å². The Labute approximate surface area is 110 Å². The van der Waals surface area contributed by atoms with Gasteiger partial charge in [0.15, 0.2) is 0 Å². The van der Waals surface area contributed by atoms with Crippen LogP contribution in [0.1, 0.15) is 27.2 Å². The van der Waals surface area contributed by atoms with Crippen LogP contribution in [0.5, 0.6) is 0 Å². The van der Waals surface area contributed by atoms with E-state index in [9.17, 15) is 14.5 Å². The van der Waals surface area contributed by atoms with Crippen LogP contribution in [0.3, 0.4) is 0 Å². The number of nitro groups is 1. The number of nitro benzene ring substituents is 1. The summed E-state index contributed by atoms with van der Waals surface area (Å²) in [6.07, 6.45) is 0.853. The van der Waals surface area contributed by atoms with Crippen LogP contribution in [0, 0.1) is 21.8 Å². The Bertz CT molecular complexity index is 452. The van der Waals surface area contributed by atoms with Gasteiger partial charge in [0, 0.05) is 6.04 Å². The van der Waals surface area contributed by atoms with Crippen molar-refractivity contribution in [3.8, 4) is 0 Å². The maximum absolute atomic E-state index is 13.2. The van der Waals surface area contributed by atoms with Gasteiger partial charge in [0.2, 0.25) is 0 Å². The molecule has 1 unspecified atom stereocenters. The van der Waals surface area contributed by atoms with E-state index in [1.165, 1.54) is 6.07 Å². The molecule has 1 N–H and O–H groups in total. The molecule has 4 nitrogen and oxygen atoms in total. The van der Waals surface area contributed by atoms with E-state index in [0.717, 1.165) is 12.5 Å². The minimum atomic E-state index is -0.787. The molecule has 0 aromatic heterocycles. The summed E-state index contributed by atoms with van der Waals surface area (Å²) in [6, 6.07) is 2.14. The predicted octanol–water partition coefficient (Wildman–Crippen LogP) is 4.23. The van der Waals surface area contributed by atoms with Crippen LogP contribution < -0.4 is 5.32 Å². The van der Waals surface area contributed by atoms with Crippen LogP contribution in [0.2, 0.25) is 5.02 Å². The maximum atomic E-state index is 13.2. The van der Waals surface area contributed by atoms with Crippen molar-refractivity contribution in [2.45, 2.75) is 33.2 Å². The fourth-order valence-electron chi connectivity index (χ4n) is 1.83. The van der Waals surface area contributed by atoms with Crippen LogP contribution in [-0.4, -0.2) is 11.0 Å². The molecule has 1 rings (SSSR count). The van der Waals surface area contributed by atoms with E-state index in [1.807, 2.05) is 6.92 Å². The first-order valence-electron chi connectivity index (χ1n) is 5.71. The molecule has 1 aromatic rings. The Morgan fingerprint density at radius 1 is 1.44 bits per heavy atom. The van der Waals surface area contributed by atoms with Crippen molar-refractivity contribution >= 4 is 23.0 Å². The second-order valence-electron chi connectivity index (χ2n) is 4.72. The summed E-state index contributed by atoms with van der Waals surface area (Å²) in [7, 11) is 0. The molecule has 0 radical (unpaired) electrons. The van der Waals surface area contributed by atoms with Crippen molar-refractivity contribution in [1.82, 2.24) is 0 Å². The molecule has 0 fully saturated rings. The smallest absolute Gasteiger partial charge is 0.295 e. The van der Waals surface area contributed by atoms with Gasteiger partial charge in [0.1, 0.15) is 11.5 Å². The minimum absolute atomic E-state index is 0.0465. The molecule has 0 spiro atoms. The van der Waals surface area contributed by atoms with Gasteiger partial charge < -0.3 is 5.32 Å². The van der Waals surface area contributed by atoms with E-state index < -0.39 is 10.7 Å². The van der Waals surface area contributed by atoms with Gasteiger partial charge in [-0.25, -0.2) is 4.39 Å². The molecule has 18 heavy (non-hydrogen) atoms. The highest BCUT2D eigenvalue weighted by molar-refractivity contribution is 6.31. The second kappa shape index (κ2) is 6.00. The van der Waals surface area contributed by atoms with Crippen LogP contribution in [0.25, 0.3) is 0 Å². The van der Waals surface area contributed by atoms with Gasteiger partial charge in [-0.05, 0) is 25.3 Å². The van der Waals surface area contributed by atoms with Crippen LogP contribution >= 0.6 is 11.6 Å². The van der Waals surface area contributed by atoms with Crippen molar-refractivity contribution in [1.29, 1.82) is 0 Å². The zero-order valence-electron chi connectivity index (χ0n) is 10.5. The Morgan fingerprint density at radius 2 is 2.06 bits per heavy atom. The first-order chi connectivity index (χ1) is 8.31. The number of nitrogens with one attached hydrogen (secondary N) is 1. The van der Waals surface area contributed by atoms with E-state index in [4.69, 9.17) is 11.6 Å². The summed E-state index contributed by atoms with van der Waals surface area (Å²) in [5.74, 6) is -0.326. The molecule has 6 heteroatoms. The molecule has 0 bridgehead atoms. The first kappa shape index (κ1) is 14.7. The lowest BCUT2D eigenvalue weighted by molar-refractivity contribution is -0.384. The summed E-state index contributed by atoms with van der Waals surface area (Å²) in [4.78, 5) is 10.2. The number of nitrogens with zero attached hydrogens (tertiary/aromatic N) is 1. The molecule has 0 aliphatic heterocycles. The largest absolute Gasteiger partial charge is 0.377 e. The van der Waals surface area contributed by atoms with Gasteiger partial charge in [-0.2, -0.15) is 0 Å². The Morgan fingerprint density at radius 3 is 2.56 bits per heavy atom. The third kappa shape index (κ3) is 3.84. The topological polar surface area (TPSA) is 55.2 Å². The fraction of sp³-hybridized carbons (Fsp3) is 0.500. The van der Waals surface area contributed by atoms with Gasteiger partial charge in [-0.15, -0.1) is 0 Å². The maximum Gasteiger partial charge on any atom is 0.295 e. The van der Waals surface area contributed by atoms with Crippen molar-refractivity contribution in [3.63, 3.8) is 0 Å². The van der Waals surface area contributed by atoms with Crippen LogP contribution in [0.4, 0.5) is 15.8 Å². The van der Waals surface area contributed by atoms with Gasteiger partial charge in [-0.1, -0.05) is 25.4 Å². The summed E-state index contributed by atoms with van der Waals surface area (Å²) < 4.78 is 13.2. The predicted molar refractivity (Wildman–Crippen MR) is 70.6 cm³/mol. The molecule has 100 valence electrons. The Balaban J connectivity index is 3.00. The van der Waals surface area contributed by atoms with E-state index in [1.54, 1.807) is 0 Å². The third-order valence-corrected chi connectivity index (χ3v) is 2.75. The molecule has 0 aliphatic carbocycles. The monoisotopic (exact) mass is 274 g/mol. The standard InChI is InChI=1S/C12H16ClFN2O2/c1-7(2)4-8(3)15-11-5-9(13)10(14)6-12(11)16(17)18/h5-8,15H,4H2,1-3H3. The number of benzene rings is 1. The number of anilines is 1. The lowest BCUT2D eigenvalue weighted by Crippen LogP contribution is -2.18. The van der Waals surface area contributed by atoms with Gasteiger partial charge in [-0.3, -0.25) is 10.1 Å². The SMILES string of the molecule is CC(C)CC(C)Nc1cc(Cl)c(F)cc1[N+](=O)[O-]. The number of hydrogen-bond acceptors (Lipinski definition) is 3. The summed E-state index contributed by atoms with van der Waals surface area (Å²) in [6.45, 7) is 6.04. The van der Waals surface area contributed by atoms with E-state index in [0.29, 0.717) is 5.92 Å². The van der Waals surface area contributed by atoms with Crippen molar-refractivity contribution in [2.75, 3.05) is 5.32 Å². The number of rotatable bonds is 5. The second-order valence-corrected chi connectivity index (χ2v) is 5.12. The third-order valence-electron chi connectivity index (χ3n) is 2.46. The highest BCUT2D eigenvalue weighted by Crippen LogP contribution is 2.31. The Hall–Kier alpha value is -1.36. The quantitative estimate of drug-likeness (QED) is 0.645. The normalized spacial score (nSPS) is 12.6. The highest BCUT2D eigenvalue weighted by Gasteiger charge is 2.19. The molecule has 0 amide bonds. The number of hydrogen-bond donors (Lipinski definition) is 1. The average Bonchev–Trinajstić information content (AvgIpc) is 2.21. The summed E-state index contributed by atoms with van der Waals surface area (Å²) >= 11 is 5.64. The van der Waals surface area contributed by atoms with Crippen molar-refractivity contribution in [2.24, 2.45) is 5.92 Å². The molecule has 0 saturated carbocycles. The lowest BCUT2D eigenvalue weighted by Gasteiger charge is -2.17. The van der Waals surface area contributed by atoms with E-state index >= 15 is 0 Å². The van der Waals surface area contributed by atoms with E-state index in [-0.39, 0.29) is 22.4 Å². The molecule has 0 aliphatic rings. The molecule has 1 aromatic carbocycles. The summed E-state index contributed by atoms with van der Waals surface area (Å²) in [5, 5.41) is 13.7. The first-order valence-corrected chi connectivity index (χ1v) is 6.09. The van der Waals surface area contributed by atoms with Crippen molar-refractivity contribution < 1.29 is 9.31 Å². The molecule has 0 saturated heterocycles. The van der Waals surface area contributed by atoms with Crippen LogP contribution in [0.15, 0.2) is 12.1 Å². The molecular formula is C12H16ClFN2O2. The van der Waals surface area contributed by atoms with Gasteiger partial charge in [0.25, 0.3) is 5.69 Å². The zero-order valence-corrected chi connectivity index (χ0v) is 11.3.